The molecule has 0 unspecified atom stereocenters. The van der Waals surface area contributed by atoms with E-state index < -0.39 is 29.9 Å². The number of anilines is 2. The Balaban J connectivity index is 1.64. The molecule has 1 aromatic heterocycles. The second-order valence-electron chi connectivity index (χ2n) is 9.67. The third-order valence-corrected chi connectivity index (χ3v) is 6.63. The van der Waals surface area contributed by atoms with Gasteiger partial charge in [-0.1, -0.05) is 13.0 Å². The monoisotopic (exact) mass is 550 g/mol. The Hall–Kier alpha value is -4.58. The molecule has 4 rings (SSSR count). The molecule has 11 nitrogen and oxygen atoms in total. The molecule has 0 saturated heterocycles. The van der Waals surface area contributed by atoms with Crippen LogP contribution in [0.1, 0.15) is 34.7 Å². The molecule has 210 valence electrons. The van der Waals surface area contributed by atoms with Crippen molar-refractivity contribution in [1.29, 1.82) is 0 Å². The smallest absolute Gasteiger partial charge is 0.321 e. The van der Waals surface area contributed by atoms with Crippen LogP contribution in [0.4, 0.5) is 20.6 Å². The Morgan fingerprint density at radius 2 is 1.95 bits per heavy atom. The van der Waals surface area contributed by atoms with Crippen LogP contribution in [0.5, 0.6) is 5.75 Å². The number of hydrogen-bond acceptors (Lipinski definition) is 7. The lowest BCUT2D eigenvalue weighted by Gasteiger charge is -2.38. The number of aromatic nitrogens is 2. The van der Waals surface area contributed by atoms with Gasteiger partial charge in [0.1, 0.15) is 17.6 Å². The third-order valence-electron chi connectivity index (χ3n) is 6.63. The number of nitrogens with one attached hydrogen (secondary N) is 2. The molecule has 1 aliphatic heterocycles. The van der Waals surface area contributed by atoms with Gasteiger partial charge in [0.05, 0.1) is 36.6 Å². The Bertz CT molecular complexity index is 1360. The van der Waals surface area contributed by atoms with Gasteiger partial charge < -0.3 is 30.3 Å². The first-order valence-corrected chi connectivity index (χ1v) is 12.7. The summed E-state index contributed by atoms with van der Waals surface area (Å²) >= 11 is 0. The molecule has 12 heteroatoms. The molecule has 0 spiro atoms. The lowest BCUT2D eigenvalue weighted by Crippen LogP contribution is -2.50. The summed E-state index contributed by atoms with van der Waals surface area (Å²) < 4.78 is 19.7. The summed E-state index contributed by atoms with van der Waals surface area (Å²) in [5, 5.41) is 15.3. The number of rotatable bonds is 7. The van der Waals surface area contributed by atoms with E-state index in [0.717, 1.165) is 0 Å². The Labute approximate surface area is 231 Å². The van der Waals surface area contributed by atoms with Crippen LogP contribution in [-0.2, 0) is 0 Å². The van der Waals surface area contributed by atoms with Crippen LogP contribution in [0, 0.1) is 11.7 Å². The van der Waals surface area contributed by atoms with Gasteiger partial charge in [0, 0.05) is 37.6 Å². The Kier molecular flexibility index (Phi) is 8.90. The number of likely N-dealkylation sites (N-methyl/N-ethyl adjacent to an activating group) is 1. The number of carbonyl (C=O) groups is 3. The summed E-state index contributed by atoms with van der Waals surface area (Å²) in [6, 6.07) is 9.30. The number of para-hydroxylation sites is 1. The minimum atomic E-state index is -0.612. The van der Waals surface area contributed by atoms with Crippen molar-refractivity contribution in [2.75, 3.05) is 37.4 Å². The van der Waals surface area contributed by atoms with E-state index in [1.54, 1.807) is 37.1 Å². The maximum absolute atomic E-state index is 13.6. The first-order chi connectivity index (χ1) is 19.2. The fourth-order valence-corrected chi connectivity index (χ4v) is 4.27. The minimum Gasteiger partial charge on any atom is -0.485 e. The zero-order valence-corrected chi connectivity index (χ0v) is 22.4. The topological polar surface area (TPSA) is 137 Å². The highest BCUT2D eigenvalue weighted by molar-refractivity contribution is 6.06. The molecule has 0 saturated carbocycles. The van der Waals surface area contributed by atoms with Crippen LogP contribution in [-0.4, -0.2) is 81.6 Å². The zero-order valence-electron chi connectivity index (χ0n) is 22.4. The molecule has 3 aromatic rings. The molecule has 3 atom stereocenters. The summed E-state index contributed by atoms with van der Waals surface area (Å²) in [5.41, 5.74) is 0.955. The summed E-state index contributed by atoms with van der Waals surface area (Å²) in [7, 11) is 1.59. The number of carbonyl (C=O) groups excluding carboxylic acids is 3. The van der Waals surface area contributed by atoms with Crippen LogP contribution in [0.3, 0.4) is 0 Å². The normalized spacial score (nSPS) is 17.5. The summed E-state index contributed by atoms with van der Waals surface area (Å²) in [6.45, 7) is 3.75. The predicted molar refractivity (Wildman–Crippen MR) is 146 cm³/mol. The second-order valence-corrected chi connectivity index (χ2v) is 9.67. The van der Waals surface area contributed by atoms with E-state index in [0.29, 0.717) is 5.69 Å². The van der Waals surface area contributed by atoms with Crippen LogP contribution < -0.4 is 15.4 Å². The van der Waals surface area contributed by atoms with E-state index in [1.165, 1.54) is 47.8 Å². The fourth-order valence-electron chi connectivity index (χ4n) is 4.27. The molecule has 0 bridgehead atoms. The van der Waals surface area contributed by atoms with Crippen molar-refractivity contribution in [2.45, 2.75) is 26.0 Å². The summed E-state index contributed by atoms with van der Waals surface area (Å²) in [6.07, 6.45) is 3.54. The van der Waals surface area contributed by atoms with Gasteiger partial charge in [-0.3, -0.25) is 14.6 Å². The van der Waals surface area contributed by atoms with Crippen molar-refractivity contribution in [2.24, 2.45) is 5.92 Å². The minimum absolute atomic E-state index is 0.0786. The van der Waals surface area contributed by atoms with E-state index in [9.17, 15) is 23.9 Å². The van der Waals surface area contributed by atoms with Crippen molar-refractivity contribution >= 4 is 29.2 Å². The number of benzene rings is 2. The molecule has 2 heterocycles. The van der Waals surface area contributed by atoms with Crippen LogP contribution in [0.2, 0.25) is 0 Å². The van der Waals surface area contributed by atoms with Gasteiger partial charge in [-0.05, 0) is 43.3 Å². The van der Waals surface area contributed by atoms with Crippen molar-refractivity contribution in [3.63, 3.8) is 0 Å². The predicted octanol–water partition coefficient (Wildman–Crippen LogP) is 3.25. The Morgan fingerprint density at radius 1 is 1.20 bits per heavy atom. The maximum Gasteiger partial charge on any atom is 0.321 e. The van der Waals surface area contributed by atoms with Crippen molar-refractivity contribution in [3.8, 4) is 5.75 Å². The van der Waals surface area contributed by atoms with Crippen molar-refractivity contribution < 1.29 is 28.6 Å². The average molecular weight is 551 g/mol. The molecule has 2 aromatic carbocycles. The molecular formula is C28H31FN6O5. The lowest BCUT2D eigenvalue weighted by atomic mass is 9.99. The number of fused-ring (bicyclic) bond motifs is 1. The Morgan fingerprint density at radius 3 is 2.62 bits per heavy atom. The molecule has 1 aliphatic rings. The van der Waals surface area contributed by atoms with Gasteiger partial charge in [-0.2, -0.15) is 0 Å². The highest BCUT2D eigenvalue weighted by atomic mass is 19.1. The first-order valence-electron chi connectivity index (χ1n) is 12.7. The molecular weight excluding hydrogens is 519 g/mol. The van der Waals surface area contributed by atoms with Gasteiger partial charge in [0.15, 0.2) is 5.75 Å². The molecule has 0 aliphatic carbocycles. The van der Waals surface area contributed by atoms with Gasteiger partial charge in [0.2, 0.25) is 0 Å². The fraction of sp³-hybridized carbons (Fsp3) is 0.321. The number of ether oxygens (including phenoxy) is 1. The SMILES string of the molecule is C[C@@H]1CN([C@@H](C)CO)C(=O)c2cccc(NC(=O)c3cnccn3)c2O[C@@H]1CN(C)C(=O)Nc1ccc(F)cc1. The number of urea groups is 1. The number of aliphatic hydroxyl groups excluding tert-OH is 1. The number of hydrogen-bond donors (Lipinski definition) is 3. The number of nitrogens with zero attached hydrogens (tertiary/aromatic N) is 4. The number of aliphatic hydroxyl groups is 1. The van der Waals surface area contributed by atoms with Gasteiger partial charge in [0.25, 0.3) is 11.8 Å². The van der Waals surface area contributed by atoms with E-state index in [4.69, 9.17) is 4.74 Å². The van der Waals surface area contributed by atoms with E-state index in [1.807, 2.05) is 6.92 Å². The standard InChI is InChI=1S/C28H31FN6O5/c1-17-14-35(18(2)16-36)27(38)21-5-4-6-22(33-26(37)23-13-30-11-12-31-23)25(21)40-24(17)15-34(3)28(39)32-20-9-7-19(29)8-10-20/h4-13,17-18,24,36H,14-16H2,1-3H3,(H,32,39)(H,33,37)/t17-,18+,24-/m1/s1. The van der Waals surface area contributed by atoms with Crippen molar-refractivity contribution in [3.05, 3.63) is 78.1 Å². The molecule has 4 amide bonds. The average Bonchev–Trinajstić information content (AvgIpc) is 2.96. The first kappa shape index (κ1) is 28.4. The zero-order chi connectivity index (χ0) is 28.8. The molecule has 0 fully saturated rings. The number of amides is 4. The molecule has 40 heavy (non-hydrogen) atoms. The van der Waals surface area contributed by atoms with Crippen LogP contribution >= 0.6 is 0 Å². The highest BCUT2D eigenvalue weighted by Gasteiger charge is 2.35. The largest absolute Gasteiger partial charge is 0.485 e. The quantitative estimate of drug-likeness (QED) is 0.411. The lowest BCUT2D eigenvalue weighted by molar-refractivity contribution is 0.0372. The van der Waals surface area contributed by atoms with Crippen molar-refractivity contribution in [1.82, 2.24) is 19.8 Å². The van der Waals surface area contributed by atoms with Crippen LogP contribution in [0.15, 0.2) is 61.1 Å². The third kappa shape index (κ3) is 6.52. The van der Waals surface area contributed by atoms with Gasteiger partial charge in [-0.15, -0.1) is 0 Å². The maximum atomic E-state index is 13.6. The highest BCUT2D eigenvalue weighted by Crippen LogP contribution is 2.35. The van der Waals surface area contributed by atoms with E-state index in [2.05, 4.69) is 20.6 Å². The van der Waals surface area contributed by atoms with Gasteiger partial charge >= 0.3 is 6.03 Å². The molecule has 0 radical (unpaired) electrons. The summed E-state index contributed by atoms with van der Waals surface area (Å²) in [4.78, 5) is 50.3. The van der Waals surface area contributed by atoms with E-state index >= 15 is 0 Å². The second kappa shape index (κ2) is 12.5. The molecule has 3 N–H and O–H groups in total. The van der Waals surface area contributed by atoms with Gasteiger partial charge in [-0.25, -0.2) is 14.2 Å². The van der Waals surface area contributed by atoms with Crippen LogP contribution in [0.25, 0.3) is 0 Å². The number of halogens is 1. The summed E-state index contributed by atoms with van der Waals surface area (Å²) in [5.74, 6) is -1.46. The van der Waals surface area contributed by atoms with E-state index in [-0.39, 0.29) is 54.2 Å².